The van der Waals surface area contributed by atoms with Crippen LogP contribution >= 0.6 is 0 Å². The Bertz CT molecular complexity index is 422. The van der Waals surface area contributed by atoms with Gasteiger partial charge in [-0.2, -0.15) is 0 Å². The van der Waals surface area contributed by atoms with Gasteiger partial charge < -0.3 is 4.74 Å². The second-order valence-electron chi connectivity index (χ2n) is 5.25. The lowest BCUT2D eigenvalue weighted by molar-refractivity contribution is -0.129. The number of rotatable bonds is 8. The number of hydrogen-bond donors (Lipinski definition) is 0. The number of hydrogen-bond acceptors (Lipinski definition) is 2. The Balaban J connectivity index is 2.74. The molecule has 1 aromatic rings. The van der Waals surface area contributed by atoms with Crippen molar-refractivity contribution in [1.29, 1.82) is 0 Å². The summed E-state index contributed by atoms with van der Waals surface area (Å²) in [6.07, 6.45) is 4.62. The van der Waals surface area contributed by atoms with Crippen LogP contribution in [0.2, 0.25) is 0 Å². The predicted octanol–water partition coefficient (Wildman–Crippen LogP) is 4.40. The fourth-order valence-electron chi connectivity index (χ4n) is 2.44. The molecule has 2 nitrogen and oxygen atoms in total. The normalized spacial score (nSPS) is 16.0. The van der Waals surface area contributed by atoms with Crippen LogP contribution < -0.4 is 0 Å². The minimum absolute atomic E-state index is 0.0705. The Hall–Kier alpha value is -1.41. The first kappa shape index (κ1) is 16.6. The third-order valence-electron chi connectivity index (χ3n) is 3.65. The summed E-state index contributed by atoms with van der Waals surface area (Å²) < 4.78 is 6.06. The molecule has 1 rings (SSSR count). The zero-order valence-electron chi connectivity index (χ0n) is 13.0. The topological polar surface area (TPSA) is 26.3 Å². The van der Waals surface area contributed by atoms with Crippen molar-refractivity contribution in [3.05, 3.63) is 48.0 Å². The van der Waals surface area contributed by atoms with Crippen LogP contribution in [0.15, 0.2) is 42.5 Å². The molecule has 1 aromatic carbocycles. The zero-order chi connectivity index (χ0) is 15.0. The molecule has 110 valence electrons. The molecule has 0 saturated heterocycles. The molecule has 0 unspecified atom stereocenters. The van der Waals surface area contributed by atoms with Gasteiger partial charge in [0.05, 0.1) is 12.7 Å². The first-order valence-corrected chi connectivity index (χ1v) is 7.41. The molecular weight excluding hydrogens is 248 g/mol. The summed E-state index contributed by atoms with van der Waals surface area (Å²) in [5.74, 6) is 0.420. The highest BCUT2D eigenvalue weighted by atomic mass is 16.5. The van der Waals surface area contributed by atoms with Gasteiger partial charge in [0.15, 0.2) is 0 Å². The standard InChI is InChI=1S/C18H26O2/c1-5-10-14(3)18(15(4)17(19)6-2)20-13-16-11-8-7-9-12-16/h5,7-12,14-15,18H,6,13H2,1-4H3/b10-5+/t14-,15+,18-/m1/s1. The largest absolute Gasteiger partial charge is 0.372 e. The molecule has 2 heteroatoms. The smallest absolute Gasteiger partial charge is 0.138 e. The van der Waals surface area contributed by atoms with Gasteiger partial charge in [0.25, 0.3) is 0 Å². The molecule has 0 bridgehead atoms. The summed E-state index contributed by atoms with van der Waals surface area (Å²) in [7, 11) is 0. The van der Waals surface area contributed by atoms with Crippen molar-refractivity contribution < 1.29 is 9.53 Å². The lowest BCUT2D eigenvalue weighted by atomic mass is 9.89. The van der Waals surface area contributed by atoms with Gasteiger partial charge >= 0.3 is 0 Å². The van der Waals surface area contributed by atoms with Crippen LogP contribution in [0.1, 0.15) is 39.7 Å². The second-order valence-corrected chi connectivity index (χ2v) is 5.25. The third kappa shape index (κ3) is 4.93. The molecule has 0 heterocycles. The van der Waals surface area contributed by atoms with Crippen LogP contribution in [0.5, 0.6) is 0 Å². The van der Waals surface area contributed by atoms with E-state index in [-0.39, 0.29) is 23.7 Å². The van der Waals surface area contributed by atoms with Crippen molar-refractivity contribution in [3.63, 3.8) is 0 Å². The fraction of sp³-hybridized carbons (Fsp3) is 0.500. The minimum atomic E-state index is -0.0742. The number of allylic oxidation sites excluding steroid dienone is 1. The Kier molecular flexibility index (Phi) is 7.24. The number of benzene rings is 1. The van der Waals surface area contributed by atoms with Crippen molar-refractivity contribution in [2.75, 3.05) is 0 Å². The molecule has 0 aliphatic rings. The minimum Gasteiger partial charge on any atom is -0.372 e. The first-order valence-electron chi connectivity index (χ1n) is 7.41. The van der Waals surface area contributed by atoms with Gasteiger partial charge in [-0.3, -0.25) is 4.79 Å². The van der Waals surface area contributed by atoms with Crippen LogP contribution in [-0.4, -0.2) is 11.9 Å². The van der Waals surface area contributed by atoms with E-state index in [1.54, 1.807) is 0 Å². The molecule has 0 spiro atoms. The molecule has 20 heavy (non-hydrogen) atoms. The zero-order valence-corrected chi connectivity index (χ0v) is 13.0. The average molecular weight is 274 g/mol. The molecule has 0 fully saturated rings. The lowest BCUT2D eigenvalue weighted by Gasteiger charge is -2.27. The van der Waals surface area contributed by atoms with Crippen LogP contribution in [0.25, 0.3) is 0 Å². The van der Waals surface area contributed by atoms with Gasteiger partial charge in [0.2, 0.25) is 0 Å². The average Bonchev–Trinajstić information content (AvgIpc) is 2.47. The number of ketones is 1. The highest BCUT2D eigenvalue weighted by Crippen LogP contribution is 2.22. The van der Waals surface area contributed by atoms with Crippen molar-refractivity contribution in [3.8, 4) is 0 Å². The van der Waals surface area contributed by atoms with Crippen molar-refractivity contribution >= 4 is 5.78 Å². The number of carbonyl (C=O) groups is 1. The highest BCUT2D eigenvalue weighted by Gasteiger charge is 2.27. The molecule has 0 radical (unpaired) electrons. The third-order valence-corrected chi connectivity index (χ3v) is 3.65. The molecular formula is C18H26O2. The van der Waals surface area contributed by atoms with Crippen molar-refractivity contribution in [2.24, 2.45) is 11.8 Å². The Morgan fingerprint density at radius 3 is 2.45 bits per heavy atom. The van der Waals surface area contributed by atoms with E-state index < -0.39 is 0 Å². The van der Waals surface area contributed by atoms with Gasteiger partial charge in [-0.25, -0.2) is 0 Å². The van der Waals surface area contributed by atoms with Crippen LogP contribution in [0, 0.1) is 11.8 Å². The SMILES string of the molecule is C/C=C/[C@@H](C)[C@@H](OCc1ccccc1)[C@@H](C)C(=O)CC. The summed E-state index contributed by atoms with van der Waals surface area (Å²) in [5.41, 5.74) is 1.14. The van der Waals surface area contributed by atoms with E-state index in [0.29, 0.717) is 13.0 Å². The number of carbonyl (C=O) groups excluding carboxylic acids is 1. The van der Waals surface area contributed by atoms with E-state index >= 15 is 0 Å². The van der Waals surface area contributed by atoms with E-state index in [1.165, 1.54) is 0 Å². The summed E-state index contributed by atoms with van der Waals surface area (Å²) >= 11 is 0. The summed E-state index contributed by atoms with van der Waals surface area (Å²) in [6.45, 7) is 8.54. The van der Waals surface area contributed by atoms with Crippen LogP contribution in [-0.2, 0) is 16.1 Å². The summed E-state index contributed by atoms with van der Waals surface area (Å²) in [4.78, 5) is 12.0. The van der Waals surface area contributed by atoms with E-state index in [0.717, 1.165) is 5.56 Å². The maximum atomic E-state index is 12.0. The number of ether oxygens (including phenoxy) is 1. The van der Waals surface area contributed by atoms with Gasteiger partial charge in [-0.05, 0) is 12.5 Å². The molecule has 0 aliphatic carbocycles. The quantitative estimate of drug-likeness (QED) is 0.657. The molecule has 0 saturated carbocycles. The van der Waals surface area contributed by atoms with Crippen LogP contribution in [0.4, 0.5) is 0 Å². The van der Waals surface area contributed by atoms with Gasteiger partial charge in [0, 0.05) is 18.3 Å². The monoisotopic (exact) mass is 274 g/mol. The van der Waals surface area contributed by atoms with E-state index in [1.807, 2.05) is 57.2 Å². The fourth-order valence-corrected chi connectivity index (χ4v) is 2.44. The molecule has 0 aromatic heterocycles. The van der Waals surface area contributed by atoms with Gasteiger partial charge in [0.1, 0.15) is 5.78 Å². The first-order chi connectivity index (χ1) is 9.60. The lowest BCUT2D eigenvalue weighted by Crippen LogP contribution is -2.33. The second kappa shape index (κ2) is 8.70. The van der Waals surface area contributed by atoms with Gasteiger partial charge in [-0.15, -0.1) is 0 Å². The molecule has 0 aliphatic heterocycles. The van der Waals surface area contributed by atoms with E-state index in [9.17, 15) is 4.79 Å². The van der Waals surface area contributed by atoms with Gasteiger partial charge in [-0.1, -0.05) is 63.3 Å². The number of Topliss-reactive ketones (excluding diaryl/α,β-unsaturated/α-hetero) is 1. The Morgan fingerprint density at radius 1 is 1.25 bits per heavy atom. The van der Waals surface area contributed by atoms with E-state index in [4.69, 9.17) is 4.74 Å². The van der Waals surface area contributed by atoms with Crippen molar-refractivity contribution in [1.82, 2.24) is 0 Å². The maximum Gasteiger partial charge on any atom is 0.138 e. The van der Waals surface area contributed by atoms with E-state index in [2.05, 4.69) is 13.0 Å². The van der Waals surface area contributed by atoms with Crippen molar-refractivity contribution in [2.45, 2.75) is 46.8 Å². The highest BCUT2D eigenvalue weighted by molar-refractivity contribution is 5.80. The summed E-state index contributed by atoms with van der Waals surface area (Å²) in [5, 5.41) is 0. The predicted molar refractivity (Wildman–Crippen MR) is 83.5 cm³/mol. The Labute approximate surface area is 122 Å². The maximum absolute atomic E-state index is 12.0. The molecule has 0 amide bonds. The summed E-state index contributed by atoms with van der Waals surface area (Å²) in [6, 6.07) is 10.1. The van der Waals surface area contributed by atoms with Crippen LogP contribution in [0.3, 0.4) is 0 Å². The Morgan fingerprint density at radius 2 is 1.90 bits per heavy atom. The molecule has 3 atom stereocenters. The molecule has 0 N–H and O–H groups in total.